The summed E-state index contributed by atoms with van der Waals surface area (Å²) in [7, 11) is 0. The Balaban J connectivity index is 2.65. The van der Waals surface area contributed by atoms with Crippen molar-refractivity contribution in [1.29, 1.82) is 5.26 Å². The molecule has 0 aliphatic carbocycles. The fourth-order valence-corrected chi connectivity index (χ4v) is 2.31. The summed E-state index contributed by atoms with van der Waals surface area (Å²) >= 11 is 0. The Bertz CT molecular complexity index is 616. The van der Waals surface area contributed by atoms with Gasteiger partial charge in [-0.05, 0) is 19.9 Å². The monoisotopic (exact) mass is 272 g/mol. The number of benzene rings is 1. The van der Waals surface area contributed by atoms with Crippen molar-refractivity contribution < 1.29 is 14.3 Å². The molecule has 1 aromatic carbocycles. The standard InChI is InChI=1S/C15H16N2O3/c1-4-19-15(17-11(3)18)14-8-6-5-7-12(14)13(9-16)10(2)20-15/h5-8H,4H2,1-3H3,(H,17,18). The predicted octanol–water partition coefficient (Wildman–Crippen LogP) is 2.25. The van der Waals surface area contributed by atoms with Crippen LogP contribution >= 0.6 is 0 Å². The number of fused-ring (bicyclic) bond motifs is 1. The second-order valence-corrected chi connectivity index (χ2v) is 4.42. The van der Waals surface area contributed by atoms with Crippen LogP contribution in [0.5, 0.6) is 0 Å². The molecule has 0 saturated heterocycles. The molecule has 0 fully saturated rings. The zero-order chi connectivity index (χ0) is 14.8. The Morgan fingerprint density at radius 3 is 2.80 bits per heavy atom. The molecule has 2 rings (SSSR count). The van der Waals surface area contributed by atoms with Crippen LogP contribution in [-0.2, 0) is 20.2 Å². The number of hydrogen-bond donors (Lipinski definition) is 1. The summed E-state index contributed by atoms with van der Waals surface area (Å²) in [5.74, 6) is -1.23. The minimum atomic E-state index is -1.37. The minimum Gasteiger partial charge on any atom is -0.444 e. The number of carbonyl (C=O) groups is 1. The molecule has 1 aromatic rings. The van der Waals surface area contributed by atoms with Gasteiger partial charge < -0.3 is 9.47 Å². The summed E-state index contributed by atoms with van der Waals surface area (Å²) in [6.07, 6.45) is 0. The number of nitrogens with zero attached hydrogens (tertiary/aromatic N) is 1. The smallest absolute Gasteiger partial charge is 0.323 e. The molecular weight excluding hydrogens is 256 g/mol. The second kappa shape index (κ2) is 5.35. The zero-order valence-electron chi connectivity index (χ0n) is 11.7. The van der Waals surface area contributed by atoms with Gasteiger partial charge in [0.1, 0.15) is 11.8 Å². The van der Waals surface area contributed by atoms with E-state index in [-0.39, 0.29) is 5.91 Å². The Kier molecular flexibility index (Phi) is 3.77. The van der Waals surface area contributed by atoms with Crippen molar-refractivity contribution in [1.82, 2.24) is 5.32 Å². The summed E-state index contributed by atoms with van der Waals surface area (Å²) in [6.45, 7) is 5.24. The first-order valence-corrected chi connectivity index (χ1v) is 6.36. The number of hydrogen-bond acceptors (Lipinski definition) is 4. The number of carbonyl (C=O) groups excluding carboxylic acids is 1. The van der Waals surface area contributed by atoms with E-state index in [1.165, 1.54) is 6.92 Å². The van der Waals surface area contributed by atoms with Gasteiger partial charge in [-0.2, -0.15) is 5.26 Å². The van der Waals surface area contributed by atoms with Crippen molar-refractivity contribution in [3.8, 4) is 6.07 Å². The van der Waals surface area contributed by atoms with Crippen molar-refractivity contribution in [3.05, 3.63) is 41.2 Å². The van der Waals surface area contributed by atoms with Crippen molar-refractivity contribution in [2.24, 2.45) is 0 Å². The third kappa shape index (κ3) is 2.26. The van der Waals surface area contributed by atoms with Crippen molar-refractivity contribution in [2.45, 2.75) is 26.7 Å². The van der Waals surface area contributed by atoms with E-state index in [9.17, 15) is 10.1 Å². The topological polar surface area (TPSA) is 71.3 Å². The highest BCUT2D eigenvalue weighted by molar-refractivity contribution is 5.82. The van der Waals surface area contributed by atoms with Crippen LogP contribution in [0.3, 0.4) is 0 Å². The minimum absolute atomic E-state index is 0.276. The Hall–Kier alpha value is -2.32. The van der Waals surface area contributed by atoms with E-state index in [0.717, 1.165) is 0 Å². The molecule has 5 nitrogen and oxygen atoms in total. The van der Waals surface area contributed by atoms with Crippen molar-refractivity contribution >= 4 is 11.5 Å². The Morgan fingerprint density at radius 1 is 1.50 bits per heavy atom. The molecule has 0 bridgehead atoms. The van der Waals surface area contributed by atoms with Crippen LogP contribution < -0.4 is 5.32 Å². The molecule has 1 unspecified atom stereocenters. The maximum Gasteiger partial charge on any atom is 0.323 e. The molecule has 1 heterocycles. The third-order valence-corrected chi connectivity index (χ3v) is 3.00. The number of amides is 1. The van der Waals surface area contributed by atoms with E-state index in [0.29, 0.717) is 29.1 Å². The highest BCUT2D eigenvalue weighted by Crippen LogP contribution is 2.39. The van der Waals surface area contributed by atoms with Gasteiger partial charge in [0.2, 0.25) is 5.91 Å². The van der Waals surface area contributed by atoms with Crippen LogP contribution in [0.15, 0.2) is 30.0 Å². The van der Waals surface area contributed by atoms with Gasteiger partial charge in [-0.15, -0.1) is 0 Å². The fraction of sp³-hybridized carbons (Fsp3) is 0.333. The summed E-state index contributed by atoms with van der Waals surface area (Å²) in [6, 6.07) is 9.37. The fourth-order valence-electron chi connectivity index (χ4n) is 2.31. The number of ether oxygens (including phenoxy) is 2. The maximum atomic E-state index is 11.5. The van der Waals surface area contributed by atoms with Crippen molar-refractivity contribution in [2.75, 3.05) is 6.61 Å². The first kappa shape index (κ1) is 14.1. The normalized spacial score (nSPS) is 20.7. The van der Waals surface area contributed by atoms with Gasteiger partial charge in [-0.3, -0.25) is 10.1 Å². The van der Waals surface area contributed by atoms with Crippen LogP contribution in [-0.4, -0.2) is 12.5 Å². The molecule has 1 N–H and O–H groups in total. The lowest BCUT2D eigenvalue weighted by Crippen LogP contribution is -2.51. The predicted molar refractivity (Wildman–Crippen MR) is 72.9 cm³/mol. The molecular formula is C15H16N2O3. The van der Waals surface area contributed by atoms with Crippen LogP contribution in [0.1, 0.15) is 31.9 Å². The number of nitriles is 1. The SMILES string of the molecule is CCOC1(NC(C)=O)OC(C)=C(C#N)c2ccccc21. The average molecular weight is 272 g/mol. The lowest BCUT2D eigenvalue weighted by Gasteiger charge is -2.38. The van der Waals surface area contributed by atoms with Crippen LogP contribution in [0.2, 0.25) is 0 Å². The van der Waals surface area contributed by atoms with E-state index < -0.39 is 5.91 Å². The quantitative estimate of drug-likeness (QED) is 0.857. The Morgan fingerprint density at radius 2 is 2.20 bits per heavy atom. The molecule has 5 heteroatoms. The van der Waals surface area contributed by atoms with Gasteiger partial charge in [-0.25, -0.2) is 0 Å². The molecule has 0 saturated carbocycles. The summed E-state index contributed by atoms with van der Waals surface area (Å²) in [5.41, 5.74) is 1.78. The molecule has 20 heavy (non-hydrogen) atoms. The summed E-state index contributed by atoms with van der Waals surface area (Å²) in [4.78, 5) is 11.5. The van der Waals surface area contributed by atoms with E-state index in [4.69, 9.17) is 9.47 Å². The lowest BCUT2D eigenvalue weighted by molar-refractivity contribution is -0.243. The largest absolute Gasteiger partial charge is 0.444 e. The van der Waals surface area contributed by atoms with Gasteiger partial charge in [-0.1, -0.05) is 18.2 Å². The zero-order valence-corrected chi connectivity index (χ0v) is 11.7. The number of allylic oxidation sites excluding steroid dienone is 2. The maximum absolute atomic E-state index is 11.5. The van der Waals surface area contributed by atoms with E-state index in [1.807, 2.05) is 25.1 Å². The molecule has 0 spiro atoms. The summed E-state index contributed by atoms with van der Waals surface area (Å²) < 4.78 is 11.4. The van der Waals surface area contributed by atoms with Crippen LogP contribution in [0.25, 0.3) is 5.57 Å². The summed E-state index contributed by atoms with van der Waals surface area (Å²) in [5, 5.41) is 12.0. The van der Waals surface area contributed by atoms with Gasteiger partial charge >= 0.3 is 5.91 Å². The highest BCUT2D eigenvalue weighted by Gasteiger charge is 2.43. The van der Waals surface area contributed by atoms with E-state index in [2.05, 4.69) is 11.4 Å². The van der Waals surface area contributed by atoms with Crippen LogP contribution in [0, 0.1) is 11.3 Å². The van der Waals surface area contributed by atoms with Gasteiger partial charge in [0.15, 0.2) is 0 Å². The number of nitrogens with one attached hydrogen (secondary N) is 1. The second-order valence-electron chi connectivity index (χ2n) is 4.42. The molecule has 1 amide bonds. The highest BCUT2D eigenvalue weighted by atomic mass is 16.7. The van der Waals surface area contributed by atoms with Crippen LogP contribution in [0.4, 0.5) is 0 Å². The molecule has 1 aliphatic rings. The van der Waals surface area contributed by atoms with Gasteiger partial charge in [0.05, 0.1) is 17.7 Å². The van der Waals surface area contributed by atoms with E-state index in [1.54, 1.807) is 13.0 Å². The molecule has 1 atom stereocenters. The number of rotatable bonds is 3. The third-order valence-electron chi connectivity index (χ3n) is 3.00. The first-order chi connectivity index (χ1) is 9.54. The van der Waals surface area contributed by atoms with E-state index >= 15 is 0 Å². The molecule has 0 radical (unpaired) electrons. The molecule has 104 valence electrons. The van der Waals surface area contributed by atoms with Crippen molar-refractivity contribution in [3.63, 3.8) is 0 Å². The van der Waals surface area contributed by atoms with Gasteiger partial charge in [0.25, 0.3) is 0 Å². The van der Waals surface area contributed by atoms with Gasteiger partial charge in [0, 0.05) is 12.5 Å². The average Bonchev–Trinajstić information content (AvgIpc) is 2.38. The Labute approximate surface area is 117 Å². The molecule has 0 aromatic heterocycles. The first-order valence-electron chi connectivity index (χ1n) is 6.36. The lowest BCUT2D eigenvalue weighted by atomic mass is 9.94. The molecule has 1 aliphatic heterocycles.